The molecule has 0 spiro atoms. The van der Waals surface area contributed by atoms with Gasteiger partial charge in [-0.1, -0.05) is 13.0 Å². The molecule has 2 rings (SSSR count). The van der Waals surface area contributed by atoms with Gasteiger partial charge in [0, 0.05) is 28.3 Å². The molecule has 2 aromatic carbocycles. The zero-order valence-electron chi connectivity index (χ0n) is 12.6. The van der Waals surface area contributed by atoms with E-state index < -0.39 is 0 Å². The third-order valence-electron chi connectivity index (χ3n) is 3.08. The van der Waals surface area contributed by atoms with Gasteiger partial charge in [-0.05, 0) is 48.7 Å². The summed E-state index contributed by atoms with van der Waals surface area (Å²) >= 11 is 1.65. The van der Waals surface area contributed by atoms with E-state index in [9.17, 15) is 9.59 Å². The lowest BCUT2D eigenvalue weighted by Gasteiger charge is -2.08. The maximum atomic E-state index is 12.2. The molecular weight excluding hydrogens is 296 g/mol. The molecule has 114 valence electrons. The number of thioether (sulfide) groups is 1. The van der Waals surface area contributed by atoms with Crippen molar-refractivity contribution in [1.82, 2.24) is 0 Å². The summed E-state index contributed by atoms with van der Waals surface area (Å²) in [6.45, 7) is 1.78. The number of benzene rings is 2. The van der Waals surface area contributed by atoms with Gasteiger partial charge in [0.1, 0.15) is 0 Å². The van der Waals surface area contributed by atoms with Crippen molar-refractivity contribution in [2.45, 2.75) is 18.2 Å². The van der Waals surface area contributed by atoms with Crippen molar-refractivity contribution in [1.29, 1.82) is 0 Å². The van der Waals surface area contributed by atoms with Crippen LogP contribution in [0.25, 0.3) is 0 Å². The van der Waals surface area contributed by atoms with Crippen LogP contribution in [-0.2, 0) is 4.79 Å². The number of hydrogen-bond donors (Lipinski definition) is 2. The standard InChI is InChI=1S/C17H18N2O2S/c1-3-16(20)18-14-6-4-5-12(11-14)17(21)19-13-7-9-15(22-2)10-8-13/h4-11H,3H2,1-2H3,(H,18,20)(H,19,21). The Balaban J connectivity index is 2.08. The lowest BCUT2D eigenvalue weighted by molar-refractivity contribution is -0.115. The van der Waals surface area contributed by atoms with Crippen LogP contribution in [0.15, 0.2) is 53.4 Å². The highest BCUT2D eigenvalue weighted by Gasteiger charge is 2.08. The van der Waals surface area contributed by atoms with Crippen LogP contribution in [0.5, 0.6) is 0 Å². The van der Waals surface area contributed by atoms with Gasteiger partial charge in [-0.25, -0.2) is 0 Å². The number of anilines is 2. The second-order valence-electron chi connectivity index (χ2n) is 4.67. The van der Waals surface area contributed by atoms with E-state index in [0.29, 0.717) is 17.7 Å². The van der Waals surface area contributed by atoms with E-state index in [-0.39, 0.29) is 11.8 Å². The van der Waals surface area contributed by atoms with Crippen molar-refractivity contribution in [2.75, 3.05) is 16.9 Å². The summed E-state index contributed by atoms with van der Waals surface area (Å²) in [5.74, 6) is -0.283. The predicted octanol–water partition coefficient (Wildman–Crippen LogP) is 4.01. The molecule has 0 bridgehead atoms. The van der Waals surface area contributed by atoms with E-state index in [1.807, 2.05) is 30.5 Å². The highest BCUT2D eigenvalue weighted by molar-refractivity contribution is 7.98. The van der Waals surface area contributed by atoms with Crippen molar-refractivity contribution < 1.29 is 9.59 Å². The second kappa shape index (κ2) is 7.66. The van der Waals surface area contributed by atoms with Crippen LogP contribution in [0, 0.1) is 0 Å². The minimum absolute atomic E-state index is 0.0785. The molecule has 0 saturated heterocycles. The van der Waals surface area contributed by atoms with Crippen molar-refractivity contribution in [3.05, 3.63) is 54.1 Å². The number of carbonyl (C=O) groups is 2. The van der Waals surface area contributed by atoms with E-state index in [0.717, 1.165) is 10.6 Å². The average molecular weight is 314 g/mol. The normalized spacial score (nSPS) is 10.1. The van der Waals surface area contributed by atoms with Crippen molar-refractivity contribution in [3.8, 4) is 0 Å². The molecule has 2 aromatic rings. The van der Waals surface area contributed by atoms with Gasteiger partial charge in [-0.3, -0.25) is 9.59 Å². The third-order valence-corrected chi connectivity index (χ3v) is 3.82. The maximum Gasteiger partial charge on any atom is 0.255 e. The fourth-order valence-corrected chi connectivity index (χ4v) is 2.27. The first-order valence-electron chi connectivity index (χ1n) is 6.97. The van der Waals surface area contributed by atoms with Crippen molar-refractivity contribution >= 4 is 35.0 Å². The van der Waals surface area contributed by atoms with Gasteiger partial charge in [0.2, 0.25) is 5.91 Å². The lowest BCUT2D eigenvalue weighted by atomic mass is 10.1. The Labute approximate surface area is 134 Å². The minimum Gasteiger partial charge on any atom is -0.326 e. The van der Waals surface area contributed by atoms with Gasteiger partial charge in [-0.15, -0.1) is 11.8 Å². The molecular formula is C17H18N2O2S. The smallest absolute Gasteiger partial charge is 0.255 e. The fraction of sp³-hybridized carbons (Fsp3) is 0.176. The number of rotatable bonds is 5. The molecule has 0 aliphatic rings. The van der Waals surface area contributed by atoms with E-state index in [4.69, 9.17) is 0 Å². The summed E-state index contributed by atoms with van der Waals surface area (Å²) in [4.78, 5) is 24.8. The van der Waals surface area contributed by atoms with E-state index >= 15 is 0 Å². The molecule has 22 heavy (non-hydrogen) atoms. The molecule has 0 saturated carbocycles. The Morgan fingerprint density at radius 1 is 1.00 bits per heavy atom. The molecule has 0 aliphatic carbocycles. The number of hydrogen-bond acceptors (Lipinski definition) is 3. The number of amides is 2. The monoisotopic (exact) mass is 314 g/mol. The molecule has 0 aromatic heterocycles. The Bertz CT molecular complexity index is 669. The van der Waals surface area contributed by atoms with Crippen LogP contribution in [-0.4, -0.2) is 18.1 Å². The van der Waals surface area contributed by atoms with Crippen LogP contribution in [0.2, 0.25) is 0 Å². The van der Waals surface area contributed by atoms with Crippen LogP contribution in [0.4, 0.5) is 11.4 Å². The zero-order valence-corrected chi connectivity index (χ0v) is 13.4. The Kier molecular flexibility index (Phi) is 5.61. The third kappa shape index (κ3) is 4.36. The van der Waals surface area contributed by atoms with Crippen LogP contribution in [0.1, 0.15) is 23.7 Å². The average Bonchev–Trinajstić information content (AvgIpc) is 2.55. The van der Waals surface area contributed by atoms with Crippen molar-refractivity contribution in [3.63, 3.8) is 0 Å². The molecule has 0 aliphatic heterocycles. The SMILES string of the molecule is CCC(=O)Nc1cccc(C(=O)Nc2ccc(SC)cc2)c1. The highest BCUT2D eigenvalue weighted by Crippen LogP contribution is 2.18. The van der Waals surface area contributed by atoms with Gasteiger partial charge < -0.3 is 10.6 Å². The van der Waals surface area contributed by atoms with Gasteiger partial charge >= 0.3 is 0 Å². The molecule has 2 N–H and O–H groups in total. The first-order valence-corrected chi connectivity index (χ1v) is 8.20. The van der Waals surface area contributed by atoms with Gasteiger partial charge in [0.05, 0.1) is 0 Å². The Morgan fingerprint density at radius 3 is 2.36 bits per heavy atom. The first kappa shape index (κ1) is 16.1. The summed E-state index contributed by atoms with van der Waals surface area (Å²) in [5.41, 5.74) is 1.87. The zero-order chi connectivity index (χ0) is 15.9. The molecule has 2 amide bonds. The Hall–Kier alpha value is -2.27. The first-order chi connectivity index (χ1) is 10.6. The quantitative estimate of drug-likeness (QED) is 0.820. The molecule has 4 nitrogen and oxygen atoms in total. The molecule has 0 fully saturated rings. The van der Waals surface area contributed by atoms with Gasteiger partial charge in [0.25, 0.3) is 5.91 Å². The number of carbonyl (C=O) groups excluding carboxylic acids is 2. The van der Waals surface area contributed by atoms with Gasteiger partial charge in [0.15, 0.2) is 0 Å². The summed E-state index contributed by atoms with van der Waals surface area (Å²) in [5, 5.41) is 5.59. The predicted molar refractivity (Wildman–Crippen MR) is 91.5 cm³/mol. The minimum atomic E-state index is -0.204. The summed E-state index contributed by atoms with van der Waals surface area (Å²) < 4.78 is 0. The summed E-state index contributed by atoms with van der Waals surface area (Å²) in [7, 11) is 0. The van der Waals surface area contributed by atoms with E-state index in [2.05, 4.69) is 10.6 Å². The Morgan fingerprint density at radius 2 is 1.73 bits per heavy atom. The second-order valence-corrected chi connectivity index (χ2v) is 5.54. The summed E-state index contributed by atoms with van der Waals surface area (Å²) in [6.07, 6.45) is 2.40. The van der Waals surface area contributed by atoms with E-state index in [1.54, 1.807) is 43.0 Å². The summed E-state index contributed by atoms with van der Waals surface area (Å²) in [6, 6.07) is 14.5. The molecule has 0 heterocycles. The van der Waals surface area contributed by atoms with Crippen LogP contribution in [0.3, 0.4) is 0 Å². The highest BCUT2D eigenvalue weighted by atomic mass is 32.2. The lowest BCUT2D eigenvalue weighted by Crippen LogP contribution is -2.13. The fourth-order valence-electron chi connectivity index (χ4n) is 1.87. The van der Waals surface area contributed by atoms with Crippen LogP contribution >= 0.6 is 11.8 Å². The molecule has 5 heteroatoms. The maximum absolute atomic E-state index is 12.2. The molecule has 0 atom stereocenters. The number of nitrogens with one attached hydrogen (secondary N) is 2. The van der Waals surface area contributed by atoms with E-state index in [1.165, 1.54) is 0 Å². The topological polar surface area (TPSA) is 58.2 Å². The van der Waals surface area contributed by atoms with Gasteiger partial charge in [-0.2, -0.15) is 0 Å². The molecule has 0 radical (unpaired) electrons. The van der Waals surface area contributed by atoms with Crippen molar-refractivity contribution in [2.24, 2.45) is 0 Å². The largest absolute Gasteiger partial charge is 0.326 e. The molecule has 0 unspecified atom stereocenters. The van der Waals surface area contributed by atoms with Crippen LogP contribution < -0.4 is 10.6 Å².